The van der Waals surface area contributed by atoms with Crippen LogP contribution in [0.4, 0.5) is 5.69 Å². The van der Waals surface area contributed by atoms with Gasteiger partial charge < -0.3 is 4.57 Å². The number of hydrogen-bond donors (Lipinski definition) is 0. The fourth-order valence-electron chi connectivity index (χ4n) is 2.74. The lowest BCUT2D eigenvalue weighted by molar-refractivity contribution is 0.955. The van der Waals surface area contributed by atoms with Gasteiger partial charge in [-0.3, -0.25) is 0 Å². The smallest absolute Gasteiger partial charge is 0.140 e. The first-order valence-electron chi connectivity index (χ1n) is 6.69. The third-order valence-corrected chi connectivity index (χ3v) is 3.59. The SMILES string of the molecule is Cc1cc(C)c2c(c1)nc(-c1ccc(N=[N+]=[N-])cc1)n2C. The van der Waals surface area contributed by atoms with E-state index in [1.165, 1.54) is 11.1 Å². The monoisotopic (exact) mass is 277 g/mol. The summed E-state index contributed by atoms with van der Waals surface area (Å²) in [5.41, 5.74) is 14.6. The fourth-order valence-corrected chi connectivity index (χ4v) is 2.74. The number of imidazole rings is 1. The van der Waals surface area contributed by atoms with E-state index in [4.69, 9.17) is 10.5 Å². The maximum absolute atomic E-state index is 8.44. The lowest BCUT2D eigenvalue weighted by Crippen LogP contribution is -1.93. The molecule has 0 saturated heterocycles. The standard InChI is InChI=1S/C16H15N5/c1-10-8-11(2)15-14(9-10)18-16(21(15)3)12-4-6-13(7-5-12)19-20-17/h4-9H,1-3H3. The van der Waals surface area contributed by atoms with E-state index < -0.39 is 0 Å². The van der Waals surface area contributed by atoms with E-state index in [0.29, 0.717) is 5.69 Å². The quantitative estimate of drug-likeness (QED) is 0.377. The van der Waals surface area contributed by atoms with Crippen LogP contribution in [-0.4, -0.2) is 9.55 Å². The maximum Gasteiger partial charge on any atom is 0.140 e. The highest BCUT2D eigenvalue weighted by atomic mass is 15.1. The number of aromatic nitrogens is 2. The summed E-state index contributed by atoms with van der Waals surface area (Å²) in [6.45, 7) is 4.18. The molecule has 0 N–H and O–H groups in total. The molecule has 0 bridgehead atoms. The largest absolute Gasteiger partial charge is 0.327 e. The van der Waals surface area contributed by atoms with Gasteiger partial charge in [0, 0.05) is 23.2 Å². The fraction of sp³-hybridized carbons (Fsp3) is 0.188. The number of nitrogens with zero attached hydrogens (tertiary/aromatic N) is 5. The molecular formula is C16H15N5. The Morgan fingerprint density at radius 3 is 2.52 bits per heavy atom. The van der Waals surface area contributed by atoms with Crippen molar-refractivity contribution in [3.05, 3.63) is 58.0 Å². The summed E-state index contributed by atoms with van der Waals surface area (Å²) in [5, 5.41) is 3.59. The highest BCUT2D eigenvalue weighted by Gasteiger charge is 2.12. The molecule has 3 rings (SSSR count). The Labute approximate surface area is 122 Å². The van der Waals surface area contributed by atoms with Gasteiger partial charge >= 0.3 is 0 Å². The Morgan fingerprint density at radius 1 is 1.14 bits per heavy atom. The van der Waals surface area contributed by atoms with Gasteiger partial charge in [-0.25, -0.2) is 4.98 Å². The topological polar surface area (TPSA) is 66.6 Å². The number of aryl methyl sites for hydroxylation is 3. The van der Waals surface area contributed by atoms with Gasteiger partial charge in [0.25, 0.3) is 0 Å². The first-order chi connectivity index (χ1) is 10.1. The molecule has 21 heavy (non-hydrogen) atoms. The summed E-state index contributed by atoms with van der Waals surface area (Å²) >= 11 is 0. The molecule has 0 atom stereocenters. The van der Waals surface area contributed by atoms with E-state index in [2.05, 4.69) is 40.6 Å². The lowest BCUT2D eigenvalue weighted by Gasteiger charge is -2.04. The average Bonchev–Trinajstić information content (AvgIpc) is 2.77. The Kier molecular flexibility index (Phi) is 3.12. The molecule has 5 heteroatoms. The van der Waals surface area contributed by atoms with Crippen molar-refractivity contribution < 1.29 is 0 Å². The Morgan fingerprint density at radius 2 is 1.86 bits per heavy atom. The average molecular weight is 277 g/mol. The summed E-state index contributed by atoms with van der Waals surface area (Å²) < 4.78 is 2.10. The molecule has 0 saturated carbocycles. The highest BCUT2D eigenvalue weighted by molar-refractivity contribution is 5.84. The zero-order valence-electron chi connectivity index (χ0n) is 12.2. The molecule has 1 heterocycles. The normalized spacial score (nSPS) is 10.6. The van der Waals surface area contributed by atoms with Crippen LogP contribution >= 0.6 is 0 Å². The van der Waals surface area contributed by atoms with Crippen LogP contribution in [0.15, 0.2) is 41.5 Å². The van der Waals surface area contributed by atoms with Crippen molar-refractivity contribution in [3.8, 4) is 11.4 Å². The first-order valence-corrected chi connectivity index (χ1v) is 6.69. The molecule has 5 nitrogen and oxygen atoms in total. The molecule has 0 spiro atoms. The van der Waals surface area contributed by atoms with Crippen LogP contribution in [0.5, 0.6) is 0 Å². The zero-order valence-corrected chi connectivity index (χ0v) is 12.2. The van der Waals surface area contributed by atoms with E-state index >= 15 is 0 Å². The first kappa shape index (κ1) is 13.2. The number of fused-ring (bicyclic) bond motifs is 1. The lowest BCUT2D eigenvalue weighted by atomic mass is 10.1. The van der Waals surface area contributed by atoms with Crippen LogP contribution < -0.4 is 0 Å². The van der Waals surface area contributed by atoms with Crippen molar-refractivity contribution in [2.45, 2.75) is 13.8 Å². The second-order valence-corrected chi connectivity index (χ2v) is 5.18. The molecule has 0 aliphatic rings. The van der Waals surface area contributed by atoms with Crippen LogP contribution in [0.3, 0.4) is 0 Å². The van der Waals surface area contributed by atoms with Crippen molar-refractivity contribution in [1.29, 1.82) is 0 Å². The Bertz CT molecular complexity index is 868. The summed E-state index contributed by atoms with van der Waals surface area (Å²) in [5.74, 6) is 0.909. The summed E-state index contributed by atoms with van der Waals surface area (Å²) in [4.78, 5) is 7.53. The van der Waals surface area contributed by atoms with Crippen molar-refractivity contribution >= 4 is 16.7 Å². The van der Waals surface area contributed by atoms with Crippen LogP contribution in [0, 0.1) is 13.8 Å². The number of azide groups is 1. The van der Waals surface area contributed by atoms with Crippen LogP contribution in [-0.2, 0) is 7.05 Å². The van der Waals surface area contributed by atoms with Crippen LogP contribution in [0.2, 0.25) is 0 Å². The molecule has 0 aliphatic heterocycles. The van der Waals surface area contributed by atoms with Crippen molar-refractivity contribution in [1.82, 2.24) is 9.55 Å². The zero-order chi connectivity index (χ0) is 15.0. The number of rotatable bonds is 2. The minimum atomic E-state index is 0.604. The molecule has 0 unspecified atom stereocenters. The second kappa shape index (κ2) is 4.96. The molecule has 0 aliphatic carbocycles. The van der Waals surface area contributed by atoms with Gasteiger partial charge in [-0.15, -0.1) is 0 Å². The van der Waals surface area contributed by atoms with Gasteiger partial charge in [0.05, 0.1) is 11.0 Å². The maximum atomic E-state index is 8.44. The summed E-state index contributed by atoms with van der Waals surface area (Å²) in [6.07, 6.45) is 0. The van der Waals surface area contributed by atoms with Crippen molar-refractivity contribution in [2.24, 2.45) is 12.2 Å². The van der Waals surface area contributed by atoms with Gasteiger partial charge in [-0.1, -0.05) is 35.4 Å². The minimum Gasteiger partial charge on any atom is -0.327 e. The Hall–Kier alpha value is -2.78. The number of hydrogen-bond acceptors (Lipinski definition) is 2. The number of benzene rings is 2. The van der Waals surface area contributed by atoms with Gasteiger partial charge in [-0.05, 0) is 36.6 Å². The Balaban J connectivity index is 2.18. The highest BCUT2D eigenvalue weighted by Crippen LogP contribution is 2.28. The van der Waals surface area contributed by atoms with Gasteiger partial charge in [0.1, 0.15) is 5.82 Å². The van der Waals surface area contributed by atoms with Crippen molar-refractivity contribution in [2.75, 3.05) is 0 Å². The summed E-state index contributed by atoms with van der Waals surface area (Å²) in [6, 6.07) is 11.7. The molecule has 2 aromatic carbocycles. The van der Waals surface area contributed by atoms with E-state index in [9.17, 15) is 0 Å². The van der Waals surface area contributed by atoms with E-state index in [-0.39, 0.29) is 0 Å². The molecule has 0 radical (unpaired) electrons. The van der Waals surface area contributed by atoms with E-state index in [0.717, 1.165) is 22.4 Å². The minimum absolute atomic E-state index is 0.604. The third-order valence-electron chi connectivity index (χ3n) is 3.59. The molecule has 0 amide bonds. The molecule has 0 fully saturated rings. The van der Waals surface area contributed by atoms with Gasteiger partial charge in [0.2, 0.25) is 0 Å². The van der Waals surface area contributed by atoms with E-state index in [1.807, 2.05) is 19.2 Å². The second-order valence-electron chi connectivity index (χ2n) is 5.18. The molecule has 1 aromatic heterocycles. The summed E-state index contributed by atoms with van der Waals surface area (Å²) in [7, 11) is 2.02. The molecular weight excluding hydrogens is 262 g/mol. The van der Waals surface area contributed by atoms with Crippen molar-refractivity contribution in [3.63, 3.8) is 0 Å². The predicted molar refractivity (Wildman–Crippen MR) is 84.4 cm³/mol. The molecule has 104 valence electrons. The van der Waals surface area contributed by atoms with Crippen LogP contribution in [0.25, 0.3) is 32.9 Å². The molecule has 3 aromatic rings. The van der Waals surface area contributed by atoms with Gasteiger partial charge in [-0.2, -0.15) is 0 Å². The van der Waals surface area contributed by atoms with Gasteiger partial charge in [0.15, 0.2) is 0 Å². The van der Waals surface area contributed by atoms with Crippen LogP contribution in [0.1, 0.15) is 11.1 Å². The van der Waals surface area contributed by atoms with E-state index in [1.54, 1.807) is 12.1 Å². The third kappa shape index (κ3) is 2.24. The predicted octanol–water partition coefficient (Wildman–Crippen LogP) is 4.80.